The summed E-state index contributed by atoms with van der Waals surface area (Å²) in [5.41, 5.74) is 1.22. The van der Waals surface area contributed by atoms with Gasteiger partial charge in [0.25, 0.3) is 0 Å². The summed E-state index contributed by atoms with van der Waals surface area (Å²) < 4.78 is 19.2. The maximum atomic E-state index is 13.6. The largest absolute Gasteiger partial charge is 0.454 e. The number of halogens is 2. The van der Waals surface area contributed by atoms with Crippen molar-refractivity contribution in [1.82, 2.24) is 5.32 Å². The fraction of sp³-hybridized carbons (Fsp3) is 0.294. The van der Waals surface area contributed by atoms with Crippen LogP contribution in [-0.2, 0) is 6.54 Å². The maximum Gasteiger partial charge on any atom is 0.167 e. The van der Waals surface area contributed by atoms with E-state index in [2.05, 4.69) is 26.1 Å². The van der Waals surface area contributed by atoms with E-state index in [1.54, 1.807) is 6.07 Å². The summed E-state index contributed by atoms with van der Waals surface area (Å²) in [7, 11) is 0. The number of nitrogens with one attached hydrogen (secondary N) is 1. The highest BCUT2D eigenvalue weighted by atomic mass is 35.5. The van der Waals surface area contributed by atoms with Gasteiger partial charge in [-0.25, -0.2) is 4.39 Å². The zero-order valence-corrected chi connectivity index (χ0v) is 13.2. The molecule has 4 heteroatoms. The van der Waals surface area contributed by atoms with Gasteiger partial charge in [-0.05, 0) is 56.7 Å². The van der Waals surface area contributed by atoms with E-state index < -0.39 is 5.82 Å². The molecule has 112 valence electrons. The summed E-state index contributed by atoms with van der Waals surface area (Å²) in [5, 5.41) is 3.76. The van der Waals surface area contributed by atoms with E-state index in [1.165, 1.54) is 12.1 Å². The Hall–Kier alpha value is -1.58. The van der Waals surface area contributed by atoms with E-state index >= 15 is 0 Å². The van der Waals surface area contributed by atoms with E-state index in [1.807, 2.05) is 24.3 Å². The van der Waals surface area contributed by atoms with Crippen molar-refractivity contribution in [1.29, 1.82) is 0 Å². The minimum Gasteiger partial charge on any atom is -0.454 e. The number of benzene rings is 2. The van der Waals surface area contributed by atoms with Crippen molar-refractivity contribution >= 4 is 11.6 Å². The quantitative estimate of drug-likeness (QED) is 0.842. The van der Waals surface area contributed by atoms with Crippen molar-refractivity contribution in [3.05, 3.63) is 58.9 Å². The zero-order chi connectivity index (χ0) is 15.5. The van der Waals surface area contributed by atoms with Crippen LogP contribution in [0.5, 0.6) is 11.5 Å². The molecule has 0 saturated carbocycles. The zero-order valence-electron chi connectivity index (χ0n) is 12.4. The van der Waals surface area contributed by atoms with Crippen LogP contribution in [0.1, 0.15) is 26.3 Å². The van der Waals surface area contributed by atoms with Crippen molar-refractivity contribution in [2.75, 3.05) is 0 Å². The normalized spacial score (nSPS) is 11.5. The number of hydrogen-bond donors (Lipinski definition) is 1. The van der Waals surface area contributed by atoms with Crippen molar-refractivity contribution in [3.8, 4) is 11.5 Å². The van der Waals surface area contributed by atoms with E-state index in [9.17, 15) is 4.39 Å². The molecule has 0 aliphatic rings. The molecule has 0 heterocycles. The monoisotopic (exact) mass is 307 g/mol. The molecule has 0 aliphatic carbocycles. The second-order valence-corrected chi connectivity index (χ2v) is 6.36. The highest BCUT2D eigenvalue weighted by Crippen LogP contribution is 2.26. The molecule has 0 fully saturated rings. The summed E-state index contributed by atoms with van der Waals surface area (Å²) in [6.07, 6.45) is 0. The summed E-state index contributed by atoms with van der Waals surface area (Å²) in [6, 6.07) is 11.9. The molecule has 2 nitrogen and oxygen atoms in total. The molecule has 2 aromatic carbocycles. The van der Waals surface area contributed by atoms with Crippen LogP contribution < -0.4 is 10.1 Å². The molecule has 2 rings (SSSR count). The molecule has 0 bridgehead atoms. The SMILES string of the molecule is CC(C)(C)NCc1ccc(Oc2ccc(Cl)cc2F)cc1. The molecular weight excluding hydrogens is 289 g/mol. The molecular formula is C17H19ClFNO. The van der Waals surface area contributed by atoms with Crippen LogP contribution in [0.2, 0.25) is 5.02 Å². The molecule has 2 aromatic rings. The van der Waals surface area contributed by atoms with Gasteiger partial charge in [0.15, 0.2) is 11.6 Å². The first-order chi connectivity index (χ1) is 9.83. The maximum absolute atomic E-state index is 13.6. The van der Waals surface area contributed by atoms with Gasteiger partial charge in [0, 0.05) is 17.1 Å². The Morgan fingerprint density at radius 1 is 1.10 bits per heavy atom. The van der Waals surface area contributed by atoms with Crippen molar-refractivity contribution in [3.63, 3.8) is 0 Å². The third-order valence-corrected chi connectivity index (χ3v) is 3.10. The van der Waals surface area contributed by atoms with Gasteiger partial charge in [-0.15, -0.1) is 0 Å². The Morgan fingerprint density at radius 3 is 2.33 bits per heavy atom. The van der Waals surface area contributed by atoms with Crippen LogP contribution in [0, 0.1) is 5.82 Å². The number of ether oxygens (including phenoxy) is 1. The average molecular weight is 308 g/mol. The number of hydrogen-bond acceptors (Lipinski definition) is 2. The Labute approximate surface area is 129 Å². The van der Waals surface area contributed by atoms with Crippen molar-refractivity contribution in [2.45, 2.75) is 32.9 Å². The summed E-state index contributed by atoms with van der Waals surface area (Å²) in [4.78, 5) is 0. The van der Waals surface area contributed by atoms with Crippen LogP contribution in [0.4, 0.5) is 4.39 Å². The lowest BCUT2D eigenvalue weighted by atomic mass is 10.1. The van der Waals surface area contributed by atoms with Crippen LogP contribution in [0.25, 0.3) is 0 Å². The predicted octanol–water partition coefficient (Wildman–Crippen LogP) is 5.16. The molecule has 1 N–H and O–H groups in total. The Bertz CT molecular complexity index is 605. The van der Waals surface area contributed by atoms with Gasteiger partial charge in [-0.3, -0.25) is 0 Å². The summed E-state index contributed by atoms with van der Waals surface area (Å²) in [6.45, 7) is 7.13. The van der Waals surface area contributed by atoms with Crippen LogP contribution in [0.15, 0.2) is 42.5 Å². The average Bonchev–Trinajstić information content (AvgIpc) is 2.40. The van der Waals surface area contributed by atoms with Crippen LogP contribution in [-0.4, -0.2) is 5.54 Å². The highest BCUT2D eigenvalue weighted by Gasteiger charge is 2.09. The van der Waals surface area contributed by atoms with Gasteiger partial charge in [-0.2, -0.15) is 0 Å². The second kappa shape index (κ2) is 6.46. The van der Waals surface area contributed by atoms with Crippen molar-refractivity contribution < 1.29 is 9.13 Å². The molecule has 0 aromatic heterocycles. The van der Waals surface area contributed by atoms with E-state index in [4.69, 9.17) is 16.3 Å². The second-order valence-electron chi connectivity index (χ2n) is 5.92. The van der Waals surface area contributed by atoms with Gasteiger partial charge in [-0.1, -0.05) is 23.7 Å². The minimum atomic E-state index is -0.471. The minimum absolute atomic E-state index is 0.0710. The van der Waals surface area contributed by atoms with Gasteiger partial charge in [0.1, 0.15) is 5.75 Å². The number of rotatable bonds is 4. The smallest absolute Gasteiger partial charge is 0.167 e. The fourth-order valence-electron chi connectivity index (χ4n) is 1.73. The predicted molar refractivity (Wildman–Crippen MR) is 84.5 cm³/mol. The molecule has 0 unspecified atom stereocenters. The highest BCUT2D eigenvalue weighted by molar-refractivity contribution is 6.30. The summed E-state index contributed by atoms with van der Waals surface area (Å²) in [5.74, 6) is 0.289. The fourth-order valence-corrected chi connectivity index (χ4v) is 1.89. The summed E-state index contributed by atoms with van der Waals surface area (Å²) >= 11 is 5.71. The standard InChI is InChI=1S/C17H19ClFNO/c1-17(2,3)20-11-12-4-7-14(8-5-12)21-16-9-6-13(18)10-15(16)19/h4-10,20H,11H2,1-3H3. The lowest BCUT2D eigenvalue weighted by Crippen LogP contribution is -2.34. The Morgan fingerprint density at radius 2 is 1.76 bits per heavy atom. The van der Waals surface area contributed by atoms with Crippen LogP contribution in [0.3, 0.4) is 0 Å². The molecule has 0 spiro atoms. The molecule has 0 saturated heterocycles. The first kappa shape index (κ1) is 15.8. The van der Waals surface area contributed by atoms with E-state index in [-0.39, 0.29) is 11.3 Å². The molecule has 0 radical (unpaired) electrons. The van der Waals surface area contributed by atoms with Crippen molar-refractivity contribution in [2.24, 2.45) is 0 Å². The lowest BCUT2D eigenvalue weighted by Gasteiger charge is -2.20. The van der Waals surface area contributed by atoms with E-state index in [0.717, 1.165) is 12.1 Å². The third kappa shape index (κ3) is 5.03. The Kier molecular flexibility index (Phi) is 4.86. The molecule has 21 heavy (non-hydrogen) atoms. The van der Waals surface area contributed by atoms with E-state index in [0.29, 0.717) is 10.8 Å². The van der Waals surface area contributed by atoms with Crippen LogP contribution >= 0.6 is 11.6 Å². The van der Waals surface area contributed by atoms with Gasteiger partial charge < -0.3 is 10.1 Å². The third-order valence-electron chi connectivity index (χ3n) is 2.87. The first-order valence-electron chi connectivity index (χ1n) is 6.80. The van der Waals surface area contributed by atoms with Gasteiger partial charge in [0.05, 0.1) is 0 Å². The topological polar surface area (TPSA) is 21.3 Å². The molecule has 0 amide bonds. The molecule has 0 aliphatic heterocycles. The molecule has 0 atom stereocenters. The lowest BCUT2D eigenvalue weighted by molar-refractivity contribution is 0.423. The first-order valence-corrected chi connectivity index (χ1v) is 7.18. The van der Waals surface area contributed by atoms with Gasteiger partial charge >= 0.3 is 0 Å². The Balaban J connectivity index is 2.02. The van der Waals surface area contributed by atoms with Gasteiger partial charge in [0.2, 0.25) is 0 Å².